The van der Waals surface area contributed by atoms with Gasteiger partial charge in [-0.2, -0.15) is 5.10 Å². The van der Waals surface area contributed by atoms with Gasteiger partial charge in [0.2, 0.25) is 11.8 Å². The van der Waals surface area contributed by atoms with Gasteiger partial charge in [0.05, 0.1) is 24.5 Å². The van der Waals surface area contributed by atoms with Gasteiger partial charge in [-0.1, -0.05) is 18.2 Å². The number of benzene rings is 2. The van der Waals surface area contributed by atoms with E-state index in [1.165, 1.54) is 7.11 Å². The predicted molar refractivity (Wildman–Crippen MR) is 139 cm³/mol. The summed E-state index contributed by atoms with van der Waals surface area (Å²) in [7, 11) is 1.40. The van der Waals surface area contributed by atoms with Crippen molar-refractivity contribution in [1.82, 2.24) is 20.0 Å². The first-order valence-corrected chi connectivity index (χ1v) is 12.9. The molecule has 3 aromatic rings. The third-order valence-electron chi connectivity index (χ3n) is 8.20. The van der Waals surface area contributed by atoms with Crippen molar-refractivity contribution in [2.75, 3.05) is 25.1 Å². The van der Waals surface area contributed by atoms with Crippen LogP contribution < -0.4 is 10.2 Å². The first-order valence-electron chi connectivity index (χ1n) is 12.9. The molecule has 2 saturated heterocycles. The largest absolute Gasteiger partial charge is 0.453 e. The number of rotatable bonds is 4. The molecule has 0 aliphatic carbocycles. The summed E-state index contributed by atoms with van der Waals surface area (Å²) in [5.74, 6) is -0.950. The fraction of sp³-hybridized carbons (Fsp3) is 0.393. The number of carbonyl (C=O) groups is 4. The van der Waals surface area contributed by atoms with Crippen molar-refractivity contribution < 1.29 is 23.9 Å². The van der Waals surface area contributed by atoms with Crippen molar-refractivity contribution >= 4 is 40.3 Å². The number of carbonyl (C=O) groups excluding carboxylic acids is 4. The number of hydrogen-bond donors (Lipinski definition) is 1. The smallest absolute Gasteiger partial charge is 0.409 e. The Labute approximate surface area is 219 Å². The molecule has 2 fully saturated rings. The van der Waals surface area contributed by atoms with Crippen LogP contribution in [0.25, 0.3) is 10.8 Å². The molecular formula is C28H29N5O5. The normalized spacial score (nSPS) is 20.7. The Balaban J connectivity index is 1.27. The number of anilines is 1. The molecule has 3 aliphatic rings. The number of likely N-dealkylation sites (tertiary alicyclic amines) is 1. The summed E-state index contributed by atoms with van der Waals surface area (Å²) >= 11 is 0. The van der Waals surface area contributed by atoms with Crippen LogP contribution in [0.5, 0.6) is 0 Å². The molecule has 1 atom stereocenters. The topological polar surface area (TPSA) is 114 Å². The molecule has 0 saturated carbocycles. The van der Waals surface area contributed by atoms with E-state index in [1.807, 2.05) is 35.1 Å². The fourth-order valence-electron chi connectivity index (χ4n) is 5.95. The highest BCUT2D eigenvalue weighted by atomic mass is 16.5. The maximum atomic E-state index is 13.4. The Hall–Kier alpha value is -4.21. The van der Waals surface area contributed by atoms with Gasteiger partial charge >= 0.3 is 6.09 Å². The minimum Gasteiger partial charge on any atom is -0.453 e. The Morgan fingerprint density at radius 1 is 1.16 bits per heavy atom. The molecule has 3 aliphatic heterocycles. The van der Waals surface area contributed by atoms with E-state index < -0.39 is 11.9 Å². The summed E-state index contributed by atoms with van der Waals surface area (Å²) in [6, 6.07) is 8.88. The zero-order chi connectivity index (χ0) is 26.6. The van der Waals surface area contributed by atoms with Gasteiger partial charge in [-0.25, -0.2) is 4.79 Å². The number of amides is 4. The van der Waals surface area contributed by atoms with E-state index in [9.17, 15) is 19.2 Å². The molecule has 1 N–H and O–H groups in total. The van der Waals surface area contributed by atoms with E-state index in [0.717, 1.165) is 34.7 Å². The summed E-state index contributed by atoms with van der Waals surface area (Å²) in [6.45, 7) is 3.39. The van der Waals surface area contributed by atoms with Crippen molar-refractivity contribution in [1.29, 1.82) is 0 Å². The Morgan fingerprint density at radius 2 is 1.95 bits per heavy atom. The van der Waals surface area contributed by atoms with Gasteiger partial charge in [0.25, 0.3) is 5.91 Å². The van der Waals surface area contributed by atoms with Gasteiger partial charge in [0, 0.05) is 43.1 Å². The number of imide groups is 1. The number of nitrogens with zero attached hydrogens (tertiary/aromatic N) is 4. The number of methoxy groups -OCH3 is 1. The van der Waals surface area contributed by atoms with Crippen LogP contribution in [0, 0.1) is 0 Å². The van der Waals surface area contributed by atoms with Crippen LogP contribution >= 0.6 is 0 Å². The van der Waals surface area contributed by atoms with E-state index in [-0.39, 0.29) is 29.9 Å². The van der Waals surface area contributed by atoms with Gasteiger partial charge in [0.15, 0.2) is 0 Å². The quantitative estimate of drug-likeness (QED) is 0.535. The molecule has 6 rings (SSSR count). The molecule has 1 aromatic heterocycles. The Kier molecular flexibility index (Phi) is 5.70. The van der Waals surface area contributed by atoms with Gasteiger partial charge in [0.1, 0.15) is 6.04 Å². The van der Waals surface area contributed by atoms with Crippen molar-refractivity contribution in [3.63, 3.8) is 0 Å². The second-order valence-electron chi connectivity index (χ2n) is 10.5. The van der Waals surface area contributed by atoms with E-state index in [1.54, 1.807) is 15.9 Å². The maximum absolute atomic E-state index is 13.4. The van der Waals surface area contributed by atoms with E-state index in [4.69, 9.17) is 4.74 Å². The number of ether oxygens (including phenoxy) is 1. The van der Waals surface area contributed by atoms with Gasteiger partial charge in [-0.05, 0) is 54.8 Å². The maximum Gasteiger partial charge on any atom is 0.409 e. The van der Waals surface area contributed by atoms with Gasteiger partial charge in [-0.15, -0.1) is 0 Å². The highest BCUT2D eigenvalue weighted by molar-refractivity contribution is 6.27. The van der Waals surface area contributed by atoms with Crippen LogP contribution in [0.3, 0.4) is 0 Å². The number of nitrogens with one attached hydrogen (secondary N) is 1. The lowest BCUT2D eigenvalue weighted by atomic mass is 9.90. The molecule has 10 nitrogen and oxygen atoms in total. The molecule has 0 bridgehead atoms. The van der Waals surface area contributed by atoms with Crippen molar-refractivity contribution in [2.24, 2.45) is 0 Å². The van der Waals surface area contributed by atoms with Gasteiger partial charge < -0.3 is 9.64 Å². The van der Waals surface area contributed by atoms with Crippen LogP contribution in [0.2, 0.25) is 0 Å². The van der Waals surface area contributed by atoms with E-state index in [0.29, 0.717) is 37.2 Å². The zero-order valence-corrected chi connectivity index (χ0v) is 21.4. The van der Waals surface area contributed by atoms with E-state index >= 15 is 0 Å². The summed E-state index contributed by atoms with van der Waals surface area (Å²) in [5.41, 5.74) is 3.20. The SMILES string of the molecule is COC(=O)N1CCC(C)(n2cc(Cc3ccc4c5c(cccc35)C(=O)N4C3CCC(=O)NC3=O)cn2)CC1. The monoisotopic (exact) mass is 515 g/mol. The average Bonchev–Trinajstić information content (AvgIpc) is 3.50. The third kappa shape index (κ3) is 3.82. The lowest BCUT2D eigenvalue weighted by Gasteiger charge is -2.38. The first kappa shape index (κ1) is 24.1. The first-order chi connectivity index (χ1) is 18.3. The van der Waals surface area contributed by atoms with Crippen LogP contribution in [0.4, 0.5) is 10.5 Å². The molecule has 1 unspecified atom stereocenters. The van der Waals surface area contributed by atoms with Crippen LogP contribution in [-0.2, 0) is 26.3 Å². The van der Waals surface area contributed by atoms with E-state index in [2.05, 4.69) is 23.5 Å². The third-order valence-corrected chi connectivity index (χ3v) is 8.20. The highest BCUT2D eigenvalue weighted by Crippen LogP contribution is 2.41. The molecule has 0 radical (unpaired) electrons. The molecule has 4 heterocycles. The minimum absolute atomic E-state index is 0.195. The second-order valence-corrected chi connectivity index (χ2v) is 10.5. The second kappa shape index (κ2) is 8.97. The van der Waals surface area contributed by atoms with Crippen LogP contribution in [-0.4, -0.2) is 64.7 Å². The van der Waals surface area contributed by atoms with Crippen molar-refractivity contribution in [3.8, 4) is 0 Å². The lowest BCUT2D eigenvalue weighted by Crippen LogP contribution is -2.53. The molecule has 2 aromatic carbocycles. The molecule has 4 amide bonds. The molecular weight excluding hydrogens is 486 g/mol. The summed E-state index contributed by atoms with van der Waals surface area (Å²) < 4.78 is 6.86. The Bertz CT molecular complexity index is 1490. The standard InChI is InChI=1S/C28H29N5O5/c1-28(10-12-31(13-11-28)27(37)38-2)32-16-17(15-29-32)14-18-6-7-21-24-19(18)4-3-5-20(24)26(36)33(21)22-8-9-23(34)30-25(22)35/h3-7,15-16,22H,8-14H2,1-2H3,(H,30,34,35). The van der Waals surface area contributed by atoms with Crippen LogP contribution in [0.1, 0.15) is 54.1 Å². The molecule has 0 spiro atoms. The zero-order valence-electron chi connectivity index (χ0n) is 21.4. The number of hydrogen-bond acceptors (Lipinski definition) is 6. The molecule has 196 valence electrons. The van der Waals surface area contributed by atoms with Gasteiger partial charge in [-0.3, -0.25) is 29.3 Å². The number of aromatic nitrogens is 2. The summed E-state index contributed by atoms with van der Waals surface area (Å²) in [6.07, 6.45) is 6.36. The fourth-order valence-corrected chi connectivity index (χ4v) is 5.95. The number of piperidine rings is 2. The highest BCUT2D eigenvalue weighted by Gasteiger charge is 2.41. The minimum atomic E-state index is -0.703. The lowest BCUT2D eigenvalue weighted by molar-refractivity contribution is -0.134. The predicted octanol–water partition coefficient (Wildman–Crippen LogP) is 2.97. The molecule has 38 heavy (non-hydrogen) atoms. The Morgan fingerprint density at radius 3 is 2.68 bits per heavy atom. The van der Waals surface area contributed by atoms with Crippen molar-refractivity contribution in [3.05, 3.63) is 59.4 Å². The van der Waals surface area contributed by atoms with Crippen LogP contribution in [0.15, 0.2) is 42.7 Å². The van der Waals surface area contributed by atoms with Crippen molar-refractivity contribution in [2.45, 2.75) is 50.6 Å². The average molecular weight is 516 g/mol. The summed E-state index contributed by atoms with van der Waals surface area (Å²) in [5, 5.41) is 8.85. The summed E-state index contributed by atoms with van der Waals surface area (Å²) in [4.78, 5) is 52.8. The molecule has 10 heteroatoms.